The molecule has 9 heteroatoms. The van der Waals surface area contributed by atoms with E-state index in [4.69, 9.17) is 4.52 Å². The zero-order chi connectivity index (χ0) is 15.5. The Balaban J connectivity index is 2.09. The van der Waals surface area contributed by atoms with Crippen molar-refractivity contribution in [3.05, 3.63) is 27.5 Å². The van der Waals surface area contributed by atoms with E-state index in [1.54, 1.807) is 19.9 Å². The Morgan fingerprint density at radius 2 is 2.10 bits per heavy atom. The van der Waals surface area contributed by atoms with E-state index < -0.39 is 10.0 Å². The first-order chi connectivity index (χ1) is 9.92. The van der Waals surface area contributed by atoms with Crippen LogP contribution in [0.25, 0.3) is 0 Å². The predicted octanol–water partition coefficient (Wildman–Crippen LogP) is 1.34. The summed E-state index contributed by atoms with van der Waals surface area (Å²) in [5, 5.41) is 6.80. The maximum Gasteiger partial charge on any atom is 0.242 e. The number of hydrogen-bond donors (Lipinski definition) is 2. The molecule has 0 unspecified atom stereocenters. The predicted molar refractivity (Wildman–Crippen MR) is 79.5 cm³/mol. The van der Waals surface area contributed by atoms with Crippen molar-refractivity contribution in [1.29, 1.82) is 0 Å². The second kappa shape index (κ2) is 6.65. The maximum absolute atomic E-state index is 12.3. The fourth-order valence-corrected chi connectivity index (χ4v) is 4.35. The number of rotatable bonds is 7. The zero-order valence-corrected chi connectivity index (χ0v) is 13.8. The minimum absolute atomic E-state index is 0.0129. The maximum atomic E-state index is 12.3. The molecule has 0 radical (unpaired) electrons. The van der Waals surface area contributed by atoms with E-state index in [1.165, 1.54) is 11.3 Å². The van der Waals surface area contributed by atoms with E-state index in [2.05, 4.69) is 20.2 Å². The molecule has 2 aromatic rings. The van der Waals surface area contributed by atoms with E-state index in [0.29, 0.717) is 17.3 Å². The Hall–Kier alpha value is -1.29. The minimum Gasteiger partial charge on any atom is -0.338 e. The Kier molecular flexibility index (Phi) is 5.09. The van der Waals surface area contributed by atoms with Crippen LogP contribution in [0.4, 0.5) is 0 Å². The summed E-state index contributed by atoms with van der Waals surface area (Å²) in [4.78, 5) is 6.02. The molecular formula is C12H18N4O3S2. The lowest BCUT2D eigenvalue weighted by molar-refractivity contribution is 0.372. The summed E-state index contributed by atoms with van der Waals surface area (Å²) >= 11 is 1.47. The van der Waals surface area contributed by atoms with Crippen LogP contribution in [0, 0.1) is 13.8 Å². The molecule has 0 spiro atoms. The molecule has 0 aliphatic heterocycles. The second-order valence-corrected chi connectivity index (χ2v) is 7.55. The lowest BCUT2D eigenvalue weighted by atomic mass is 10.4. The molecular weight excluding hydrogens is 312 g/mol. The van der Waals surface area contributed by atoms with Gasteiger partial charge in [0.25, 0.3) is 0 Å². The number of aromatic nitrogens is 2. The third-order valence-corrected chi connectivity index (χ3v) is 5.45. The number of nitrogens with one attached hydrogen (secondary N) is 2. The van der Waals surface area contributed by atoms with Crippen molar-refractivity contribution < 1.29 is 12.9 Å². The van der Waals surface area contributed by atoms with Crippen molar-refractivity contribution in [1.82, 2.24) is 20.2 Å². The fourth-order valence-electron chi connectivity index (χ4n) is 1.77. The highest BCUT2D eigenvalue weighted by Gasteiger charge is 2.20. The molecule has 0 bridgehead atoms. The van der Waals surface area contributed by atoms with E-state index >= 15 is 0 Å². The summed E-state index contributed by atoms with van der Waals surface area (Å²) in [5.41, 5.74) is 0. The number of nitrogens with zero attached hydrogens (tertiary/aromatic N) is 2. The average molecular weight is 330 g/mol. The molecule has 0 fully saturated rings. The minimum atomic E-state index is -3.58. The smallest absolute Gasteiger partial charge is 0.242 e. The summed E-state index contributed by atoms with van der Waals surface area (Å²) in [7, 11) is -3.58. The SMILES string of the molecule is CCNCc1cc(S(=O)(=O)NCc2nc(C)no2)c(C)s1. The Morgan fingerprint density at radius 1 is 1.33 bits per heavy atom. The quantitative estimate of drug-likeness (QED) is 0.795. The van der Waals surface area contributed by atoms with Crippen LogP contribution in [-0.4, -0.2) is 25.1 Å². The molecule has 0 saturated heterocycles. The van der Waals surface area contributed by atoms with Crippen LogP contribution in [0.15, 0.2) is 15.5 Å². The van der Waals surface area contributed by atoms with Gasteiger partial charge < -0.3 is 9.84 Å². The Labute approximate surface area is 127 Å². The molecule has 2 N–H and O–H groups in total. The van der Waals surface area contributed by atoms with Crippen LogP contribution < -0.4 is 10.0 Å². The lowest BCUT2D eigenvalue weighted by Gasteiger charge is -2.03. The third-order valence-electron chi connectivity index (χ3n) is 2.75. The first-order valence-corrected chi connectivity index (χ1v) is 8.81. The summed E-state index contributed by atoms with van der Waals surface area (Å²) in [6, 6.07) is 1.70. The van der Waals surface area contributed by atoms with Gasteiger partial charge in [0.15, 0.2) is 5.82 Å². The van der Waals surface area contributed by atoms with Gasteiger partial charge in [0.05, 0.1) is 11.4 Å². The standard InChI is InChI=1S/C12H18N4O3S2/c1-4-13-6-10-5-11(8(2)20-10)21(17,18)14-7-12-15-9(3)16-19-12/h5,13-14H,4,6-7H2,1-3H3. The van der Waals surface area contributed by atoms with E-state index in [-0.39, 0.29) is 12.4 Å². The van der Waals surface area contributed by atoms with Gasteiger partial charge in [0.1, 0.15) is 0 Å². The van der Waals surface area contributed by atoms with Crippen molar-refractivity contribution in [3.63, 3.8) is 0 Å². The summed E-state index contributed by atoms with van der Waals surface area (Å²) in [5.74, 6) is 0.723. The number of aryl methyl sites for hydroxylation is 2. The van der Waals surface area contributed by atoms with Crippen LogP contribution in [0.5, 0.6) is 0 Å². The van der Waals surface area contributed by atoms with Gasteiger partial charge in [-0.3, -0.25) is 0 Å². The van der Waals surface area contributed by atoms with Gasteiger partial charge in [0.2, 0.25) is 15.9 Å². The molecule has 0 aliphatic carbocycles. The van der Waals surface area contributed by atoms with Gasteiger partial charge in [-0.2, -0.15) is 4.98 Å². The molecule has 2 rings (SSSR count). The molecule has 0 saturated carbocycles. The zero-order valence-electron chi connectivity index (χ0n) is 12.1. The number of hydrogen-bond acceptors (Lipinski definition) is 7. The normalized spacial score (nSPS) is 12.0. The molecule has 0 atom stereocenters. The molecule has 0 aromatic carbocycles. The Morgan fingerprint density at radius 3 is 2.71 bits per heavy atom. The molecule has 0 amide bonds. The first-order valence-electron chi connectivity index (χ1n) is 6.51. The van der Waals surface area contributed by atoms with Gasteiger partial charge in [-0.25, -0.2) is 13.1 Å². The molecule has 0 aliphatic rings. The van der Waals surface area contributed by atoms with Crippen molar-refractivity contribution in [2.75, 3.05) is 6.54 Å². The van der Waals surface area contributed by atoms with E-state index in [0.717, 1.165) is 16.3 Å². The number of thiophene rings is 1. The van der Waals surface area contributed by atoms with E-state index in [1.807, 2.05) is 6.92 Å². The third kappa shape index (κ3) is 4.10. The van der Waals surface area contributed by atoms with Gasteiger partial charge in [0, 0.05) is 16.3 Å². The second-order valence-electron chi connectivity index (χ2n) is 4.47. The molecule has 7 nitrogen and oxygen atoms in total. The number of sulfonamides is 1. The summed E-state index contributed by atoms with van der Waals surface area (Å²) < 4.78 is 32.0. The average Bonchev–Trinajstić information content (AvgIpc) is 3.00. The highest BCUT2D eigenvalue weighted by Crippen LogP contribution is 2.25. The summed E-state index contributed by atoms with van der Waals surface area (Å²) in [6.07, 6.45) is 0. The van der Waals surface area contributed by atoms with Crippen LogP contribution in [-0.2, 0) is 23.1 Å². The van der Waals surface area contributed by atoms with Gasteiger partial charge in [-0.05, 0) is 26.5 Å². The highest BCUT2D eigenvalue weighted by atomic mass is 32.2. The van der Waals surface area contributed by atoms with Crippen molar-refractivity contribution >= 4 is 21.4 Å². The van der Waals surface area contributed by atoms with Gasteiger partial charge >= 0.3 is 0 Å². The van der Waals surface area contributed by atoms with Crippen LogP contribution >= 0.6 is 11.3 Å². The Bertz CT molecular complexity index is 706. The monoisotopic (exact) mass is 330 g/mol. The molecule has 21 heavy (non-hydrogen) atoms. The van der Waals surface area contributed by atoms with Crippen LogP contribution in [0.1, 0.15) is 28.4 Å². The first kappa shape index (κ1) is 16.1. The van der Waals surface area contributed by atoms with Crippen LogP contribution in [0.3, 0.4) is 0 Å². The van der Waals surface area contributed by atoms with Crippen LogP contribution in [0.2, 0.25) is 0 Å². The largest absolute Gasteiger partial charge is 0.338 e. The molecule has 2 aromatic heterocycles. The topological polar surface area (TPSA) is 97.1 Å². The lowest BCUT2D eigenvalue weighted by Crippen LogP contribution is -2.23. The highest BCUT2D eigenvalue weighted by molar-refractivity contribution is 7.89. The van der Waals surface area contributed by atoms with Gasteiger partial charge in [-0.15, -0.1) is 11.3 Å². The van der Waals surface area contributed by atoms with Crippen molar-refractivity contribution in [2.45, 2.75) is 38.8 Å². The van der Waals surface area contributed by atoms with E-state index in [9.17, 15) is 8.42 Å². The molecule has 116 valence electrons. The summed E-state index contributed by atoms with van der Waals surface area (Å²) in [6.45, 7) is 6.98. The fraction of sp³-hybridized carbons (Fsp3) is 0.500. The van der Waals surface area contributed by atoms with Crippen molar-refractivity contribution in [3.8, 4) is 0 Å². The van der Waals surface area contributed by atoms with Crippen molar-refractivity contribution in [2.24, 2.45) is 0 Å². The molecule has 2 heterocycles. The van der Waals surface area contributed by atoms with Gasteiger partial charge in [-0.1, -0.05) is 12.1 Å².